The Morgan fingerprint density at radius 2 is 1.68 bits per heavy atom. The Hall–Kier alpha value is -1.69. The molecule has 140 valence electrons. The molecule has 6 heteroatoms. The predicted molar refractivity (Wildman–Crippen MR) is 101 cm³/mol. The van der Waals surface area contributed by atoms with E-state index in [1.165, 1.54) is 11.8 Å². The fourth-order valence-corrected chi connectivity index (χ4v) is 3.48. The monoisotopic (exact) mass is 367 g/mol. The lowest BCUT2D eigenvalue weighted by Gasteiger charge is -2.33. The number of methoxy groups -OCH3 is 1. The number of ether oxygens (including phenoxy) is 2. The molecule has 0 unspecified atom stereocenters. The van der Waals surface area contributed by atoms with Crippen LogP contribution in [0.5, 0.6) is 5.75 Å². The number of amides is 1. The third-order valence-electron chi connectivity index (χ3n) is 3.23. The van der Waals surface area contributed by atoms with E-state index in [-0.39, 0.29) is 29.2 Å². The van der Waals surface area contributed by atoms with Crippen molar-refractivity contribution >= 4 is 23.6 Å². The summed E-state index contributed by atoms with van der Waals surface area (Å²) < 4.78 is 10.1. The van der Waals surface area contributed by atoms with E-state index >= 15 is 0 Å². The Balaban J connectivity index is 2.34. The fraction of sp³-hybridized carbons (Fsp3) is 0.579. The third kappa shape index (κ3) is 9.39. The first-order chi connectivity index (χ1) is 11.5. The Labute approximate surface area is 154 Å². The van der Waals surface area contributed by atoms with Crippen molar-refractivity contribution < 1.29 is 19.1 Å². The van der Waals surface area contributed by atoms with Gasteiger partial charge in [0.05, 0.1) is 12.9 Å². The minimum atomic E-state index is -0.412. The second-order valence-corrected chi connectivity index (χ2v) is 8.84. The molecule has 0 saturated carbocycles. The molecule has 0 aliphatic heterocycles. The van der Waals surface area contributed by atoms with Gasteiger partial charge in [0.1, 0.15) is 5.75 Å². The highest BCUT2D eigenvalue weighted by Crippen LogP contribution is 2.26. The standard InChI is InChI=1S/C19H29NO4S/c1-18(2,3)13-19(4,5)20-16(21)11-24-17(22)12-25-15-9-7-14(23-6)8-10-15/h7-10H,11-13H2,1-6H3,(H,20,21). The van der Waals surface area contributed by atoms with Gasteiger partial charge in [-0.25, -0.2) is 0 Å². The number of hydrogen-bond donors (Lipinski definition) is 1. The maximum Gasteiger partial charge on any atom is 0.316 e. The van der Waals surface area contributed by atoms with Crippen molar-refractivity contribution in [1.82, 2.24) is 5.32 Å². The molecule has 0 aromatic heterocycles. The molecule has 0 bridgehead atoms. The lowest BCUT2D eigenvalue weighted by molar-refractivity contribution is -0.146. The average molecular weight is 368 g/mol. The van der Waals surface area contributed by atoms with Crippen LogP contribution in [0, 0.1) is 5.41 Å². The molecule has 1 aromatic carbocycles. The van der Waals surface area contributed by atoms with Gasteiger partial charge in [0.25, 0.3) is 5.91 Å². The lowest BCUT2D eigenvalue weighted by atomic mass is 9.82. The highest BCUT2D eigenvalue weighted by molar-refractivity contribution is 8.00. The minimum Gasteiger partial charge on any atom is -0.497 e. The summed E-state index contributed by atoms with van der Waals surface area (Å²) in [6, 6.07) is 7.41. The molecule has 0 fully saturated rings. The topological polar surface area (TPSA) is 64.6 Å². The third-order valence-corrected chi connectivity index (χ3v) is 4.22. The molecule has 0 atom stereocenters. The number of hydrogen-bond acceptors (Lipinski definition) is 5. The molecule has 0 heterocycles. The quantitative estimate of drug-likeness (QED) is 0.561. The highest BCUT2D eigenvalue weighted by Gasteiger charge is 2.27. The van der Waals surface area contributed by atoms with E-state index in [0.717, 1.165) is 17.1 Å². The molecule has 0 radical (unpaired) electrons. The van der Waals surface area contributed by atoms with Gasteiger partial charge in [-0.2, -0.15) is 0 Å². The van der Waals surface area contributed by atoms with Crippen LogP contribution in [-0.4, -0.2) is 36.9 Å². The van der Waals surface area contributed by atoms with Crippen LogP contribution in [0.25, 0.3) is 0 Å². The summed E-state index contributed by atoms with van der Waals surface area (Å²) >= 11 is 1.36. The van der Waals surface area contributed by atoms with Crippen molar-refractivity contribution in [3.8, 4) is 5.75 Å². The molecule has 1 aromatic rings. The van der Waals surface area contributed by atoms with E-state index in [0.29, 0.717) is 0 Å². The van der Waals surface area contributed by atoms with Crippen LogP contribution < -0.4 is 10.1 Å². The molecule has 5 nitrogen and oxygen atoms in total. The zero-order valence-corrected chi connectivity index (χ0v) is 16.8. The second kappa shape index (κ2) is 9.13. The van der Waals surface area contributed by atoms with Gasteiger partial charge in [-0.3, -0.25) is 9.59 Å². The number of esters is 1. The smallest absolute Gasteiger partial charge is 0.316 e. The number of rotatable bonds is 8. The van der Waals surface area contributed by atoms with E-state index in [9.17, 15) is 9.59 Å². The SMILES string of the molecule is COc1ccc(SCC(=O)OCC(=O)NC(C)(C)CC(C)(C)C)cc1. The molecule has 25 heavy (non-hydrogen) atoms. The number of benzene rings is 1. The Morgan fingerprint density at radius 3 is 2.20 bits per heavy atom. The van der Waals surface area contributed by atoms with E-state index < -0.39 is 5.97 Å². The first-order valence-electron chi connectivity index (χ1n) is 8.24. The zero-order valence-electron chi connectivity index (χ0n) is 16.0. The van der Waals surface area contributed by atoms with Crippen LogP contribution in [-0.2, 0) is 14.3 Å². The van der Waals surface area contributed by atoms with Crippen LogP contribution in [0.15, 0.2) is 29.2 Å². The van der Waals surface area contributed by atoms with Gasteiger partial charge >= 0.3 is 5.97 Å². The van der Waals surface area contributed by atoms with Crippen LogP contribution in [0.4, 0.5) is 0 Å². The minimum absolute atomic E-state index is 0.0997. The van der Waals surface area contributed by atoms with Crippen LogP contribution in [0.1, 0.15) is 41.0 Å². The summed E-state index contributed by atoms with van der Waals surface area (Å²) in [5.41, 5.74) is -0.248. The van der Waals surface area contributed by atoms with Crippen molar-refractivity contribution in [3.63, 3.8) is 0 Å². The van der Waals surface area contributed by atoms with E-state index in [4.69, 9.17) is 9.47 Å². The van der Waals surface area contributed by atoms with Crippen LogP contribution >= 0.6 is 11.8 Å². The molecule has 0 aliphatic carbocycles. The number of nitrogens with one attached hydrogen (secondary N) is 1. The summed E-state index contributed by atoms with van der Waals surface area (Å²) in [7, 11) is 1.60. The molecule has 0 spiro atoms. The molecular formula is C19H29NO4S. The average Bonchev–Trinajstić information content (AvgIpc) is 2.48. The van der Waals surface area contributed by atoms with E-state index in [1.807, 2.05) is 38.1 Å². The first-order valence-corrected chi connectivity index (χ1v) is 9.23. The Bertz CT molecular complexity index is 576. The molecule has 1 N–H and O–H groups in total. The number of carbonyl (C=O) groups is 2. The molecule has 1 rings (SSSR count). The summed E-state index contributed by atoms with van der Waals surface area (Å²) in [6.07, 6.45) is 0.826. The van der Waals surface area contributed by atoms with Gasteiger partial charge in [0.2, 0.25) is 0 Å². The van der Waals surface area contributed by atoms with Crippen molar-refractivity contribution in [3.05, 3.63) is 24.3 Å². The Kier molecular flexibility index (Phi) is 7.80. The summed E-state index contributed by atoms with van der Waals surface area (Å²) in [4.78, 5) is 24.7. The zero-order chi connectivity index (χ0) is 19.1. The largest absolute Gasteiger partial charge is 0.497 e. The Morgan fingerprint density at radius 1 is 1.08 bits per heavy atom. The summed E-state index contributed by atoms with van der Waals surface area (Å²) in [5, 5.41) is 2.92. The normalized spacial score (nSPS) is 11.8. The van der Waals surface area contributed by atoms with Gasteiger partial charge in [-0.15, -0.1) is 11.8 Å². The van der Waals surface area contributed by atoms with Crippen molar-refractivity contribution in [2.75, 3.05) is 19.5 Å². The highest BCUT2D eigenvalue weighted by atomic mass is 32.2. The predicted octanol–water partition coefficient (Wildman–Crippen LogP) is 3.66. The first kappa shape index (κ1) is 21.4. The summed E-state index contributed by atoms with van der Waals surface area (Å²) in [6.45, 7) is 10.1. The van der Waals surface area contributed by atoms with Gasteiger partial charge < -0.3 is 14.8 Å². The van der Waals surface area contributed by atoms with Crippen molar-refractivity contribution in [2.24, 2.45) is 5.41 Å². The van der Waals surface area contributed by atoms with Crippen molar-refractivity contribution in [1.29, 1.82) is 0 Å². The molecule has 0 saturated heterocycles. The van der Waals surface area contributed by atoms with Gasteiger partial charge in [0, 0.05) is 10.4 Å². The molecular weight excluding hydrogens is 338 g/mol. The van der Waals surface area contributed by atoms with E-state index in [1.54, 1.807) is 7.11 Å². The fourth-order valence-electron chi connectivity index (χ4n) is 2.79. The lowest BCUT2D eigenvalue weighted by Crippen LogP contribution is -2.47. The number of thioether (sulfide) groups is 1. The number of carbonyl (C=O) groups excluding carboxylic acids is 2. The maximum atomic E-state index is 12.0. The summed E-state index contributed by atoms with van der Waals surface area (Å²) in [5.74, 6) is 0.230. The van der Waals surface area contributed by atoms with Crippen LogP contribution in [0.2, 0.25) is 0 Å². The van der Waals surface area contributed by atoms with Gasteiger partial charge in [-0.1, -0.05) is 20.8 Å². The molecule has 1 amide bonds. The van der Waals surface area contributed by atoms with Gasteiger partial charge in [0.15, 0.2) is 6.61 Å². The van der Waals surface area contributed by atoms with Crippen molar-refractivity contribution in [2.45, 2.75) is 51.5 Å². The molecule has 0 aliphatic rings. The van der Waals surface area contributed by atoms with Gasteiger partial charge in [-0.05, 0) is 49.9 Å². The van der Waals surface area contributed by atoms with E-state index in [2.05, 4.69) is 26.1 Å². The van der Waals surface area contributed by atoms with Crippen LogP contribution in [0.3, 0.4) is 0 Å². The second-order valence-electron chi connectivity index (χ2n) is 7.79. The maximum absolute atomic E-state index is 12.0.